The van der Waals surface area contributed by atoms with E-state index >= 15 is 0 Å². The number of hydrogen-bond acceptors (Lipinski definition) is 4. The predicted molar refractivity (Wildman–Crippen MR) is 100 cm³/mol. The minimum absolute atomic E-state index is 0.102. The average Bonchev–Trinajstić information content (AvgIpc) is 2.75. The van der Waals surface area contributed by atoms with Crippen LogP contribution >= 0.6 is 0 Å². The lowest BCUT2D eigenvalue weighted by Crippen LogP contribution is -2.60. The first-order valence-corrected chi connectivity index (χ1v) is 9.26. The van der Waals surface area contributed by atoms with Gasteiger partial charge in [-0.05, 0) is 44.0 Å². The Labute approximate surface area is 151 Å². The van der Waals surface area contributed by atoms with Crippen molar-refractivity contribution in [2.45, 2.75) is 38.3 Å². The van der Waals surface area contributed by atoms with Crippen molar-refractivity contribution in [1.82, 2.24) is 19.7 Å². The Hall–Kier alpha value is -1.72. The lowest BCUT2D eigenvalue weighted by atomic mass is 9.86. The van der Waals surface area contributed by atoms with Crippen LogP contribution in [-0.2, 0) is 11.3 Å². The lowest BCUT2D eigenvalue weighted by molar-refractivity contribution is -0.130. The Balaban J connectivity index is 1.72. The number of amides is 1. The van der Waals surface area contributed by atoms with Crippen molar-refractivity contribution in [3.05, 3.63) is 42.2 Å². The molecule has 1 spiro atoms. The highest BCUT2D eigenvalue weighted by Crippen LogP contribution is 2.32. The van der Waals surface area contributed by atoms with Crippen LogP contribution < -0.4 is 0 Å². The number of carbonyl (C=O) groups is 1. The fraction of sp³-hybridized carbons (Fsp3) is 0.600. The van der Waals surface area contributed by atoms with Gasteiger partial charge in [-0.15, -0.1) is 6.58 Å². The summed E-state index contributed by atoms with van der Waals surface area (Å²) in [4.78, 5) is 23.6. The minimum Gasteiger partial charge on any atom is -0.339 e. The number of likely N-dealkylation sites (N-methyl/N-ethyl adjacent to an activating group) is 1. The van der Waals surface area contributed by atoms with Gasteiger partial charge in [0.05, 0.1) is 0 Å². The summed E-state index contributed by atoms with van der Waals surface area (Å²) in [7, 11) is 2.22. The highest BCUT2D eigenvalue weighted by Gasteiger charge is 2.42. The first-order valence-electron chi connectivity index (χ1n) is 9.26. The molecule has 0 aromatic carbocycles. The summed E-state index contributed by atoms with van der Waals surface area (Å²) < 4.78 is 0. The number of aryl methyl sites for hydroxylation is 1. The van der Waals surface area contributed by atoms with Crippen LogP contribution in [0.3, 0.4) is 0 Å². The average molecular weight is 342 g/mol. The second-order valence-corrected chi connectivity index (χ2v) is 7.54. The topological polar surface area (TPSA) is 39.7 Å². The smallest absolute Gasteiger partial charge is 0.222 e. The first kappa shape index (κ1) is 18.1. The van der Waals surface area contributed by atoms with E-state index in [9.17, 15) is 4.79 Å². The SMILES string of the molecule is C=CCN1CC[C@@]2(CCC1=O)CN(Cc1ccncc1C)CCN2C. The van der Waals surface area contributed by atoms with Crippen LogP contribution in [0.4, 0.5) is 0 Å². The van der Waals surface area contributed by atoms with E-state index in [1.165, 1.54) is 11.1 Å². The molecule has 0 saturated carbocycles. The molecule has 0 unspecified atom stereocenters. The maximum atomic E-state index is 12.4. The van der Waals surface area contributed by atoms with E-state index < -0.39 is 0 Å². The molecule has 2 aliphatic rings. The van der Waals surface area contributed by atoms with Gasteiger partial charge in [-0.25, -0.2) is 0 Å². The predicted octanol–water partition coefficient (Wildman–Crippen LogP) is 2.07. The number of nitrogens with zero attached hydrogens (tertiary/aromatic N) is 4. The number of rotatable bonds is 4. The van der Waals surface area contributed by atoms with E-state index in [4.69, 9.17) is 0 Å². The van der Waals surface area contributed by atoms with Gasteiger partial charge >= 0.3 is 0 Å². The molecule has 2 saturated heterocycles. The fourth-order valence-electron chi connectivity index (χ4n) is 4.18. The van der Waals surface area contributed by atoms with Gasteiger partial charge < -0.3 is 4.90 Å². The van der Waals surface area contributed by atoms with E-state index in [1.807, 2.05) is 23.4 Å². The Morgan fingerprint density at radius 3 is 2.92 bits per heavy atom. The molecule has 1 aromatic rings. The highest BCUT2D eigenvalue weighted by molar-refractivity contribution is 5.76. The number of piperazine rings is 1. The van der Waals surface area contributed by atoms with Gasteiger partial charge in [0, 0.05) is 63.6 Å². The van der Waals surface area contributed by atoms with Gasteiger partial charge in [0.15, 0.2) is 0 Å². The largest absolute Gasteiger partial charge is 0.339 e. The summed E-state index contributed by atoms with van der Waals surface area (Å²) in [5.41, 5.74) is 2.71. The molecule has 136 valence electrons. The van der Waals surface area contributed by atoms with Gasteiger partial charge in [0.2, 0.25) is 5.91 Å². The molecule has 5 heteroatoms. The van der Waals surface area contributed by atoms with Crippen molar-refractivity contribution >= 4 is 5.91 Å². The Morgan fingerprint density at radius 1 is 1.32 bits per heavy atom. The summed E-state index contributed by atoms with van der Waals surface area (Å²) in [6.45, 7) is 11.5. The molecule has 0 radical (unpaired) electrons. The van der Waals surface area contributed by atoms with Crippen molar-refractivity contribution in [2.75, 3.05) is 39.8 Å². The molecule has 5 nitrogen and oxygen atoms in total. The third kappa shape index (κ3) is 3.93. The number of hydrogen-bond donors (Lipinski definition) is 0. The number of likely N-dealkylation sites (tertiary alicyclic amines) is 1. The van der Waals surface area contributed by atoms with Crippen molar-refractivity contribution in [3.63, 3.8) is 0 Å². The molecule has 0 aliphatic carbocycles. The van der Waals surface area contributed by atoms with Crippen molar-refractivity contribution in [1.29, 1.82) is 0 Å². The molecule has 1 amide bonds. The summed E-state index contributed by atoms with van der Waals surface area (Å²) in [6.07, 6.45) is 8.28. The molecular formula is C20H30N4O. The Kier molecular flexibility index (Phi) is 5.54. The maximum Gasteiger partial charge on any atom is 0.222 e. The fourth-order valence-corrected chi connectivity index (χ4v) is 4.18. The number of pyridine rings is 1. The molecule has 0 bridgehead atoms. The molecule has 0 N–H and O–H groups in total. The number of aromatic nitrogens is 1. The molecular weight excluding hydrogens is 312 g/mol. The standard InChI is InChI=1S/C20H30N4O/c1-4-10-24-11-8-20(7-5-19(24)25)16-23(13-12-22(20)3)15-18-6-9-21-14-17(18)2/h4,6,9,14H,1,5,7-8,10-13,15-16H2,2-3H3/t20-/m0/s1. The second-order valence-electron chi connectivity index (χ2n) is 7.54. The molecule has 2 aliphatic heterocycles. The van der Waals surface area contributed by atoms with E-state index in [1.54, 1.807) is 0 Å². The first-order chi connectivity index (χ1) is 12.0. The van der Waals surface area contributed by atoms with Gasteiger partial charge in [0.25, 0.3) is 0 Å². The summed E-state index contributed by atoms with van der Waals surface area (Å²) in [5, 5.41) is 0. The van der Waals surface area contributed by atoms with Crippen LogP contribution in [0.2, 0.25) is 0 Å². The Morgan fingerprint density at radius 2 is 2.16 bits per heavy atom. The summed E-state index contributed by atoms with van der Waals surface area (Å²) in [6, 6.07) is 2.13. The summed E-state index contributed by atoms with van der Waals surface area (Å²) >= 11 is 0. The van der Waals surface area contributed by atoms with Crippen LogP contribution in [0.25, 0.3) is 0 Å². The van der Waals surface area contributed by atoms with Crippen LogP contribution in [0, 0.1) is 6.92 Å². The zero-order valence-electron chi connectivity index (χ0n) is 15.6. The lowest BCUT2D eigenvalue weighted by Gasteiger charge is -2.49. The summed E-state index contributed by atoms with van der Waals surface area (Å²) in [5.74, 6) is 0.271. The third-order valence-electron chi connectivity index (χ3n) is 5.96. The molecule has 3 heterocycles. The Bertz CT molecular complexity index is 632. The molecule has 1 aromatic heterocycles. The maximum absolute atomic E-state index is 12.4. The zero-order chi connectivity index (χ0) is 17.9. The van der Waals surface area contributed by atoms with Crippen molar-refractivity contribution in [3.8, 4) is 0 Å². The molecule has 3 rings (SSSR count). The van der Waals surface area contributed by atoms with Crippen LogP contribution in [0.5, 0.6) is 0 Å². The normalized spacial score (nSPS) is 26.0. The van der Waals surface area contributed by atoms with Gasteiger partial charge in [-0.1, -0.05) is 6.08 Å². The van der Waals surface area contributed by atoms with Crippen LogP contribution in [0.15, 0.2) is 31.1 Å². The third-order valence-corrected chi connectivity index (χ3v) is 5.96. The number of carbonyl (C=O) groups excluding carboxylic acids is 1. The molecule has 1 atom stereocenters. The van der Waals surface area contributed by atoms with E-state index in [-0.39, 0.29) is 11.4 Å². The quantitative estimate of drug-likeness (QED) is 0.786. The monoisotopic (exact) mass is 342 g/mol. The molecule has 2 fully saturated rings. The van der Waals surface area contributed by atoms with Crippen molar-refractivity contribution < 1.29 is 4.79 Å². The highest BCUT2D eigenvalue weighted by atomic mass is 16.2. The van der Waals surface area contributed by atoms with E-state index in [2.05, 4.69) is 41.4 Å². The van der Waals surface area contributed by atoms with Crippen molar-refractivity contribution in [2.24, 2.45) is 0 Å². The second kappa shape index (κ2) is 7.67. The van der Waals surface area contributed by atoms with Crippen LogP contribution in [0.1, 0.15) is 30.4 Å². The van der Waals surface area contributed by atoms with Gasteiger partial charge in [-0.2, -0.15) is 0 Å². The van der Waals surface area contributed by atoms with Crippen LogP contribution in [-0.4, -0.2) is 70.9 Å². The molecule has 25 heavy (non-hydrogen) atoms. The van der Waals surface area contributed by atoms with E-state index in [0.717, 1.165) is 45.6 Å². The zero-order valence-corrected chi connectivity index (χ0v) is 15.6. The minimum atomic E-state index is 0.102. The van der Waals surface area contributed by atoms with Gasteiger partial charge in [0.1, 0.15) is 0 Å². The van der Waals surface area contributed by atoms with E-state index in [0.29, 0.717) is 13.0 Å². The van der Waals surface area contributed by atoms with Gasteiger partial charge in [-0.3, -0.25) is 19.6 Å².